The van der Waals surface area contributed by atoms with Gasteiger partial charge in [-0.3, -0.25) is 19.8 Å². The molecule has 12 nitrogen and oxygen atoms in total. The maximum absolute atomic E-state index is 6.62. The van der Waals surface area contributed by atoms with E-state index in [0.29, 0.717) is 37.8 Å². The molecule has 0 saturated carbocycles. The largest absolute Gasteiger partial charge is 0.479 e. The van der Waals surface area contributed by atoms with Crippen molar-refractivity contribution in [3.63, 3.8) is 0 Å². The van der Waals surface area contributed by atoms with Crippen LogP contribution in [0.2, 0.25) is 0 Å². The number of aryl methyl sites for hydroxylation is 2. The van der Waals surface area contributed by atoms with Crippen molar-refractivity contribution < 1.29 is 14.2 Å². The molecule has 2 aliphatic heterocycles. The highest BCUT2D eigenvalue weighted by molar-refractivity contribution is 14.2. The summed E-state index contributed by atoms with van der Waals surface area (Å²) < 4.78 is 21.8. The van der Waals surface area contributed by atoms with Crippen LogP contribution >= 0.6 is 28.4 Å². The monoisotopic (exact) mass is 735 g/mol. The highest BCUT2D eigenvalue weighted by Gasteiger charge is 2.24. The zero-order valence-corrected chi connectivity index (χ0v) is 29.5. The van der Waals surface area contributed by atoms with Crippen LogP contribution in [-0.2, 0) is 16.5 Å². The van der Waals surface area contributed by atoms with Gasteiger partial charge in [0.2, 0.25) is 5.88 Å². The molecule has 0 radical (unpaired) electrons. The average molecular weight is 736 g/mol. The van der Waals surface area contributed by atoms with Crippen LogP contribution in [0, 0.1) is 6.92 Å². The number of likely N-dealkylation sites (N-methyl/N-ethyl adjacent to an activating group) is 1. The Balaban J connectivity index is 1.65. The number of nitrogens with two attached hydrogens (primary N) is 1. The second-order valence-corrected chi connectivity index (χ2v) is 13.4. The van der Waals surface area contributed by atoms with Crippen molar-refractivity contribution in [1.82, 2.24) is 34.1 Å². The van der Waals surface area contributed by atoms with Gasteiger partial charge in [-0.05, 0) is 75.0 Å². The van der Waals surface area contributed by atoms with Gasteiger partial charge in [0.1, 0.15) is 6.10 Å². The first kappa shape index (κ1) is 32.8. The van der Waals surface area contributed by atoms with Gasteiger partial charge in [-0.1, -0.05) is 0 Å². The number of halogens is 1. The number of aliphatic imine (C=N–C) groups is 1. The third-order valence-corrected chi connectivity index (χ3v) is 9.56. The molecular weight excluding hydrogens is 692 g/mol. The Labute approximate surface area is 274 Å². The van der Waals surface area contributed by atoms with E-state index in [1.54, 1.807) is 4.68 Å². The number of pyridine rings is 1. The fourth-order valence-corrected chi connectivity index (χ4v) is 7.31. The molecule has 5 heterocycles. The molecule has 5 rings (SSSR count). The third kappa shape index (κ3) is 7.44. The minimum Gasteiger partial charge on any atom is -0.479 e. The zero-order chi connectivity index (χ0) is 31.4. The number of allylic oxidation sites excluding steroid dienone is 1. The molecular formula is C30H43IN9O3P. The minimum atomic E-state index is -0.139. The number of ether oxygens (including phenoxy) is 3. The Bertz CT molecular complexity index is 1560. The van der Waals surface area contributed by atoms with E-state index >= 15 is 0 Å². The van der Waals surface area contributed by atoms with E-state index in [1.165, 1.54) is 0 Å². The number of fused-ring (bicyclic) bond motifs is 3. The normalized spacial score (nSPS) is 22.6. The SMILES string of the molecule is CCO/C(N)=C1\C=C\c2nn(PI)c3cnc(cc23)-c2c(C)nn(C)c2OC(C)CN(C)CC1=NC(C)CN1CCOCC1. The molecule has 3 unspecified atom stereocenters. The number of rotatable bonds is 6. The van der Waals surface area contributed by atoms with Gasteiger partial charge in [-0.2, -0.15) is 10.2 Å². The highest BCUT2D eigenvalue weighted by atomic mass is 127. The molecule has 238 valence electrons. The molecule has 1 fully saturated rings. The topological polar surface area (TPSA) is 121 Å². The molecule has 3 atom stereocenters. The van der Waals surface area contributed by atoms with E-state index in [4.69, 9.17) is 35.0 Å². The molecule has 2 N–H and O–H groups in total. The Morgan fingerprint density at radius 3 is 2.75 bits per heavy atom. The standard InChI is InChI=1S/C30H43IN9O3P/c1-7-42-29(32)22-8-9-24-23-14-25(33-15-27(23)40(36-24)44-31)28-21(4)35-38(6)30(28)43-20(3)17-37(5)18-26(22)34-19(2)16-39-10-12-41-13-11-39/h8-9,14-15,19-20,44H,7,10-13,16-18,32H2,1-6H3/b9-8+,29-22+,34-26?. The minimum absolute atomic E-state index is 0.0407. The smallest absolute Gasteiger partial charge is 0.221 e. The average Bonchev–Trinajstić information content (AvgIpc) is 3.47. The molecule has 2 bridgehead atoms. The predicted octanol–water partition coefficient (Wildman–Crippen LogP) is 4.03. The molecule has 1 saturated heterocycles. The quantitative estimate of drug-likeness (QED) is 0.228. The van der Waals surface area contributed by atoms with E-state index in [0.717, 1.165) is 77.7 Å². The summed E-state index contributed by atoms with van der Waals surface area (Å²) in [7, 11) is 3.98. The van der Waals surface area contributed by atoms with Gasteiger partial charge in [0.15, 0.2) is 5.88 Å². The summed E-state index contributed by atoms with van der Waals surface area (Å²) in [4.78, 5) is 14.7. The molecule has 2 aliphatic rings. The van der Waals surface area contributed by atoms with Crippen LogP contribution in [0.4, 0.5) is 0 Å². The first-order valence-electron chi connectivity index (χ1n) is 15.0. The fourth-order valence-electron chi connectivity index (χ4n) is 5.79. The van der Waals surface area contributed by atoms with E-state index in [1.807, 2.05) is 43.7 Å². The van der Waals surface area contributed by atoms with Crippen LogP contribution in [0.3, 0.4) is 0 Å². The van der Waals surface area contributed by atoms with Gasteiger partial charge in [-0.25, -0.2) is 9.13 Å². The Morgan fingerprint density at radius 1 is 1.25 bits per heavy atom. The summed E-state index contributed by atoms with van der Waals surface area (Å²) in [6, 6.07) is 2.12. The lowest BCUT2D eigenvalue weighted by atomic mass is 10.1. The second kappa shape index (κ2) is 14.7. The van der Waals surface area contributed by atoms with Crippen molar-refractivity contribution in [3.05, 3.63) is 41.2 Å². The summed E-state index contributed by atoms with van der Waals surface area (Å²) in [5, 5.41) is 10.6. The van der Waals surface area contributed by atoms with E-state index in [2.05, 4.69) is 63.9 Å². The molecule has 0 aromatic carbocycles. The molecule has 14 heteroatoms. The molecule has 0 aliphatic carbocycles. The van der Waals surface area contributed by atoms with Crippen LogP contribution in [0.1, 0.15) is 32.2 Å². The molecule has 3 aromatic rings. The molecule has 0 spiro atoms. The number of nitrogens with zero attached hydrogens (tertiary/aromatic N) is 8. The molecule has 3 aromatic heterocycles. The number of aromatic nitrogens is 5. The van der Waals surface area contributed by atoms with Crippen molar-refractivity contribution in [1.29, 1.82) is 0 Å². The lowest BCUT2D eigenvalue weighted by Crippen LogP contribution is -2.40. The lowest BCUT2D eigenvalue weighted by molar-refractivity contribution is 0.0361. The summed E-state index contributed by atoms with van der Waals surface area (Å²) >= 11 is 2.34. The van der Waals surface area contributed by atoms with Crippen LogP contribution in [-0.4, -0.2) is 112 Å². The summed E-state index contributed by atoms with van der Waals surface area (Å²) in [5.74, 6) is 1.04. The predicted molar refractivity (Wildman–Crippen MR) is 186 cm³/mol. The Hall–Kier alpha value is -2.58. The first-order valence-corrected chi connectivity index (χ1v) is 19.1. The van der Waals surface area contributed by atoms with Gasteiger partial charge < -0.3 is 19.9 Å². The summed E-state index contributed by atoms with van der Waals surface area (Å²) in [6.45, 7) is 14.0. The van der Waals surface area contributed by atoms with Gasteiger partial charge in [-0.15, -0.1) is 0 Å². The van der Waals surface area contributed by atoms with Gasteiger partial charge in [0, 0.05) is 45.2 Å². The fraction of sp³-hybridized carbons (Fsp3) is 0.533. The summed E-state index contributed by atoms with van der Waals surface area (Å²) in [5.41, 5.74) is 12.6. The summed E-state index contributed by atoms with van der Waals surface area (Å²) in [6.07, 6.45) is 6.18. The lowest BCUT2D eigenvalue weighted by Gasteiger charge is -2.29. The molecule has 0 amide bonds. The van der Waals surface area contributed by atoms with E-state index in [9.17, 15) is 0 Å². The van der Waals surface area contributed by atoms with E-state index in [-0.39, 0.29) is 12.1 Å². The third-order valence-electron chi connectivity index (χ3n) is 7.69. The zero-order valence-electron chi connectivity index (χ0n) is 26.4. The van der Waals surface area contributed by atoms with Crippen LogP contribution < -0.4 is 10.5 Å². The maximum atomic E-state index is 6.62. The van der Waals surface area contributed by atoms with Crippen molar-refractivity contribution in [3.8, 4) is 17.1 Å². The van der Waals surface area contributed by atoms with Crippen molar-refractivity contribution in [2.24, 2.45) is 17.8 Å². The number of hydrogen-bond donors (Lipinski definition) is 1. The van der Waals surface area contributed by atoms with Crippen LogP contribution in [0.15, 0.2) is 34.8 Å². The molecule has 44 heavy (non-hydrogen) atoms. The van der Waals surface area contributed by atoms with E-state index < -0.39 is 0 Å². The maximum Gasteiger partial charge on any atom is 0.221 e. The number of hydrogen-bond acceptors (Lipinski definition) is 10. The van der Waals surface area contributed by atoms with Crippen LogP contribution in [0.25, 0.3) is 28.2 Å². The van der Waals surface area contributed by atoms with Crippen molar-refractivity contribution >= 4 is 51.1 Å². The van der Waals surface area contributed by atoms with Gasteiger partial charge in [0.25, 0.3) is 0 Å². The first-order chi connectivity index (χ1) is 21.2. The Kier molecular flexibility index (Phi) is 10.9. The number of morpholine rings is 1. The van der Waals surface area contributed by atoms with Crippen molar-refractivity contribution in [2.75, 3.05) is 59.6 Å². The van der Waals surface area contributed by atoms with Crippen LogP contribution in [0.5, 0.6) is 5.88 Å². The Morgan fingerprint density at radius 2 is 2.02 bits per heavy atom. The van der Waals surface area contributed by atoms with Gasteiger partial charge in [0.05, 0.1) is 77.9 Å². The van der Waals surface area contributed by atoms with Crippen molar-refractivity contribution in [2.45, 2.75) is 39.8 Å². The highest BCUT2D eigenvalue weighted by Crippen LogP contribution is 2.37. The van der Waals surface area contributed by atoms with Gasteiger partial charge >= 0.3 is 0 Å². The second-order valence-electron chi connectivity index (χ2n) is 11.4.